The topological polar surface area (TPSA) is 114 Å². The first kappa shape index (κ1) is 15.1. The van der Waals surface area contributed by atoms with Gasteiger partial charge in [0.15, 0.2) is 5.82 Å². The summed E-state index contributed by atoms with van der Waals surface area (Å²) in [5.74, 6) is 6.96. The molecule has 1 amide bonds. The van der Waals surface area contributed by atoms with Gasteiger partial charge in [0.1, 0.15) is 18.2 Å². The van der Waals surface area contributed by atoms with E-state index in [1.54, 1.807) is 6.07 Å². The highest BCUT2D eigenvalue weighted by Gasteiger charge is 2.04. The van der Waals surface area contributed by atoms with Crippen LogP contribution in [0.2, 0.25) is 0 Å². The summed E-state index contributed by atoms with van der Waals surface area (Å²) >= 11 is 0. The number of carbonyl (C=O) groups is 1. The Balaban J connectivity index is 2.57. The van der Waals surface area contributed by atoms with E-state index in [1.165, 1.54) is 6.92 Å². The van der Waals surface area contributed by atoms with Crippen molar-refractivity contribution in [1.82, 2.24) is 15.3 Å². The Hall–Kier alpha value is -1.93. The lowest BCUT2D eigenvalue weighted by molar-refractivity contribution is -0.118. The number of nitrogen functional groups attached to an aromatic ring is 1. The summed E-state index contributed by atoms with van der Waals surface area (Å²) in [6.45, 7) is 5.38. The van der Waals surface area contributed by atoms with Crippen molar-refractivity contribution in [2.45, 2.75) is 20.5 Å². The Labute approximate surface area is 112 Å². The summed E-state index contributed by atoms with van der Waals surface area (Å²) in [6, 6.07) is 1.68. The Kier molecular flexibility index (Phi) is 6.55. The van der Waals surface area contributed by atoms with E-state index in [0.29, 0.717) is 43.8 Å². The van der Waals surface area contributed by atoms with Crippen molar-refractivity contribution in [3.05, 3.63) is 11.9 Å². The number of aromatic nitrogens is 2. The number of nitrogens with one attached hydrogen (secondary N) is 3. The summed E-state index contributed by atoms with van der Waals surface area (Å²) < 4.78 is 5.25. The molecule has 5 N–H and O–H groups in total. The highest BCUT2D eigenvalue weighted by atomic mass is 16.5. The predicted molar refractivity (Wildman–Crippen MR) is 72.3 cm³/mol. The summed E-state index contributed by atoms with van der Waals surface area (Å²) in [4.78, 5) is 19.2. The van der Waals surface area contributed by atoms with Crippen molar-refractivity contribution >= 4 is 17.5 Å². The van der Waals surface area contributed by atoms with Gasteiger partial charge in [-0.25, -0.2) is 15.8 Å². The molecule has 0 bridgehead atoms. The summed E-state index contributed by atoms with van der Waals surface area (Å²) in [6.07, 6.45) is 0. The molecule has 8 nitrogen and oxygen atoms in total. The zero-order valence-corrected chi connectivity index (χ0v) is 11.2. The largest absolute Gasteiger partial charge is 0.374 e. The van der Waals surface area contributed by atoms with Crippen LogP contribution in [0.5, 0.6) is 0 Å². The smallest absolute Gasteiger partial charge is 0.216 e. The molecule has 0 aromatic carbocycles. The Morgan fingerprint density at radius 1 is 1.37 bits per heavy atom. The van der Waals surface area contributed by atoms with Crippen molar-refractivity contribution < 1.29 is 9.53 Å². The third kappa shape index (κ3) is 5.98. The number of hydrogen-bond donors (Lipinski definition) is 4. The summed E-state index contributed by atoms with van der Waals surface area (Å²) in [5.41, 5.74) is 2.48. The first-order valence-corrected chi connectivity index (χ1v) is 6.06. The molecule has 0 aliphatic rings. The second-order valence-corrected chi connectivity index (χ2v) is 3.75. The fraction of sp³-hybridized carbons (Fsp3) is 0.545. The molecule has 8 heteroatoms. The third-order valence-electron chi connectivity index (χ3n) is 2.16. The van der Waals surface area contributed by atoms with Crippen LogP contribution in [0.1, 0.15) is 19.7 Å². The van der Waals surface area contributed by atoms with Gasteiger partial charge in [-0.1, -0.05) is 0 Å². The second kappa shape index (κ2) is 8.22. The standard InChI is InChI=1S/C11H20N6O2/c1-3-19-7-11-15-9(6-10(16-11)17-12)14-5-4-13-8(2)18/h6H,3-5,7,12H2,1-2H3,(H,13,18)(H2,14,15,16,17). The maximum atomic E-state index is 10.7. The maximum absolute atomic E-state index is 10.7. The molecule has 19 heavy (non-hydrogen) atoms. The molecular formula is C11H20N6O2. The van der Waals surface area contributed by atoms with E-state index in [0.717, 1.165) is 0 Å². The molecule has 1 heterocycles. The van der Waals surface area contributed by atoms with Crippen LogP contribution in [0.3, 0.4) is 0 Å². The summed E-state index contributed by atoms with van der Waals surface area (Å²) in [7, 11) is 0. The zero-order chi connectivity index (χ0) is 14.1. The van der Waals surface area contributed by atoms with Crippen LogP contribution in [-0.4, -0.2) is 35.6 Å². The van der Waals surface area contributed by atoms with Gasteiger partial charge in [-0.3, -0.25) is 4.79 Å². The number of ether oxygens (including phenoxy) is 1. The van der Waals surface area contributed by atoms with Crippen molar-refractivity contribution in [1.29, 1.82) is 0 Å². The average Bonchev–Trinajstić information content (AvgIpc) is 2.41. The van der Waals surface area contributed by atoms with Crippen molar-refractivity contribution in [3.8, 4) is 0 Å². The number of amides is 1. The van der Waals surface area contributed by atoms with Gasteiger partial charge in [-0.05, 0) is 6.92 Å². The van der Waals surface area contributed by atoms with Crippen molar-refractivity contribution in [3.63, 3.8) is 0 Å². The molecule has 0 aliphatic carbocycles. The summed E-state index contributed by atoms with van der Waals surface area (Å²) in [5, 5.41) is 5.76. The van der Waals surface area contributed by atoms with Gasteiger partial charge < -0.3 is 20.8 Å². The molecule has 1 aromatic heterocycles. The van der Waals surface area contributed by atoms with E-state index in [2.05, 4.69) is 26.0 Å². The van der Waals surface area contributed by atoms with Crippen LogP contribution in [-0.2, 0) is 16.1 Å². The fourth-order valence-corrected chi connectivity index (χ4v) is 1.35. The SMILES string of the molecule is CCOCc1nc(NN)cc(NCCNC(C)=O)n1. The van der Waals surface area contributed by atoms with E-state index in [1.807, 2.05) is 6.92 Å². The molecule has 0 unspecified atom stereocenters. The van der Waals surface area contributed by atoms with Crippen LogP contribution in [0.4, 0.5) is 11.6 Å². The first-order valence-electron chi connectivity index (χ1n) is 6.06. The number of anilines is 2. The number of hydrogen-bond acceptors (Lipinski definition) is 7. The zero-order valence-electron chi connectivity index (χ0n) is 11.2. The van der Waals surface area contributed by atoms with E-state index >= 15 is 0 Å². The minimum absolute atomic E-state index is 0.0640. The second-order valence-electron chi connectivity index (χ2n) is 3.75. The lowest BCUT2D eigenvalue weighted by atomic mass is 10.4. The Bertz CT molecular complexity index is 412. The maximum Gasteiger partial charge on any atom is 0.216 e. The van der Waals surface area contributed by atoms with Gasteiger partial charge in [0.05, 0.1) is 0 Å². The predicted octanol–water partition coefficient (Wildman–Crippen LogP) is -0.153. The first-order chi connectivity index (χ1) is 9.15. The van der Waals surface area contributed by atoms with E-state index in [9.17, 15) is 4.79 Å². The van der Waals surface area contributed by atoms with Gasteiger partial charge in [-0.2, -0.15) is 0 Å². The van der Waals surface area contributed by atoms with Crippen LogP contribution in [0, 0.1) is 0 Å². The van der Waals surface area contributed by atoms with Gasteiger partial charge >= 0.3 is 0 Å². The third-order valence-corrected chi connectivity index (χ3v) is 2.16. The van der Waals surface area contributed by atoms with Gasteiger partial charge in [0, 0.05) is 32.7 Å². The monoisotopic (exact) mass is 268 g/mol. The molecule has 0 spiro atoms. The van der Waals surface area contributed by atoms with Crippen LogP contribution in [0.25, 0.3) is 0 Å². The molecule has 0 fully saturated rings. The molecule has 1 aromatic rings. The van der Waals surface area contributed by atoms with Gasteiger partial charge in [0.25, 0.3) is 0 Å². The van der Waals surface area contributed by atoms with Crippen molar-refractivity contribution in [2.75, 3.05) is 30.4 Å². The lowest BCUT2D eigenvalue weighted by Crippen LogP contribution is -2.26. The number of carbonyl (C=O) groups excluding carboxylic acids is 1. The highest BCUT2D eigenvalue weighted by molar-refractivity contribution is 5.72. The number of nitrogens with two attached hydrogens (primary N) is 1. The number of nitrogens with zero attached hydrogens (tertiary/aromatic N) is 2. The molecule has 0 saturated heterocycles. The van der Waals surface area contributed by atoms with Crippen LogP contribution < -0.4 is 21.9 Å². The average molecular weight is 268 g/mol. The van der Waals surface area contributed by atoms with E-state index < -0.39 is 0 Å². The lowest BCUT2D eigenvalue weighted by Gasteiger charge is -2.10. The fourth-order valence-electron chi connectivity index (χ4n) is 1.35. The van der Waals surface area contributed by atoms with Crippen LogP contribution in [0.15, 0.2) is 6.07 Å². The van der Waals surface area contributed by atoms with Gasteiger partial charge in [-0.15, -0.1) is 0 Å². The van der Waals surface area contributed by atoms with E-state index in [-0.39, 0.29) is 5.91 Å². The molecule has 106 valence electrons. The van der Waals surface area contributed by atoms with Crippen molar-refractivity contribution in [2.24, 2.45) is 5.84 Å². The normalized spacial score (nSPS) is 10.1. The minimum atomic E-state index is -0.0640. The van der Waals surface area contributed by atoms with Gasteiger partial charge in [0.2, 0.25) is 5.91 Å². The van der Waals surface area contributed by atoms with Crippen LogP contribution >= 0.6 is 0 Å². The molecule has 0 radical (unpaired) electrons. The molecule has 1 rings (SSSR count). The molecule has 0 saturated carbocycles. The Morgan fingerprint density at radius 2 is 2.11 bits per heavy atom. The number of rotatable bonds is 8. The Morgan fingerprint density at radius 3 is 2.74 bits per heavy atom. The number of hydrazine groups is 1. The molecule has 0 atom stereocenters. The van der Waals surface area contributed by atoms with E-state index in [4.69, 9.17) is 10.6 Å². The quantitative estimate of drug-likeness (QED) is 0.294. The highest BCUT2D eigenvalue weighted by Crippen LogP contribution is 2.10. The molecular weight excluding hydrogens is 248 g/mol. The minimum Gasteiger partial charge on any atom is -0.374 e. The molecule has 0 aliphatic heterocycles.